The lowest BCUT2D eigenvalue weighted by Gasteiger charge is -2.17. The van der Waals surface area contributed by atoms with Gasteiger partial charge in [0.15, 0.2) is 0 Å². The molecule has 8 nitrogen and oxygen atoms in total. The first-order chi connectivity index (χ1) is 7.42. The number of hydrogen-bond donors (Lipinski definition) is 2. The summed E-state index contributed by atoms with van der Waals surface area (Å²) in [6, 6.07) is 0. The van der Waals surface area contributed by atoms with Crippen molar-refractivity contribution in [2.24, 2.45) is 11.5 Å². The van der Waals surface area contributed by atoms with Gasteiger partial charge in [0, 0.05) is 6.92 Å². The van der Waals surface area contributed by atoms with Gasteiger partial charge in [-0.3, -0.25) is 19.3 Å². The highest BCUT2D eigenvalue weighted by Gasteiger charge is 2.23. The van der Waals surface area contributed by atoms with Gasteiger partial charge in [0.05, 0.1) is 13.1 Å². The van der Waals surface area contributed by atoms with Crippen LogP contribution in [0.3, 0.4) is 0 Å². The van der Waals surface area contributed by atoms with Gasteiger partial charge in [0.2, 0.25) is 11.8 Å². The Kier molecular flexibility index (Phi) is 5.89. The molecule has 0 aliphatic carbocycles. The summed E-state index contributed by atoms with van der Waals surface area (Å²) in [7, 11) is 0. The minimum Gasteiger partial charge on any atom is -0.392 e. The maximum absolute atomic E-state index is 11.2. The van der Waals surface area contributed by atoms with Gasteiger partial charge in [0.25, 0.3) is 0 Å². The van der Waals surface area contributed by atoms with Crippen LogP contribution in [0.4, 0.5) is 0 Å². The molecule has 0 aromatic heterocycles. The molecule has 8 heteroatoms. The zero-order chi connectivity index (χ0) is 12.7. The third kappa shape index (κ3) is 4.62. The Hall–Kier alpha value is -1.80. The molecule has 0 aliphatic heterocycles. The fourth-order valence-corrected chi connectivity index (χ4v) is 0.858. The molecule has 0 spiro atoms. The van der Waals surface area contributed by atoms with Gasteiger partial charge in [-0.2, -0.15) is 0 Å². The Labute approximate surface area is 91.5 Å². The summed E-state index contributed by atoms with van der Waals surface area (Å²) in [4.78, 5) is 44.3. The predicted molar refractivity (Wildman–Crippen MR) is 51.6 cm³/mol. The number of hydrogen-bond acceptors (Lipinski definition) is 7. The molecule has 16 heavy (non-hydrogen) atoms. The Morgan fingerprint density at radius 3 is 1.81 bits per heavy atom. The van der Waals surface area contributed by atoms with E-state index in [1.807, 2.05) is 0 Å². The summed E-state index contributed by atoms with van der Waals surface area (Å²) < 4.78 is 4.16. The average molecular weight is 231 g/mol. The first-order valence-corrected chi connectivity index (χ1v) is 4.37. The number of amides is 2. The van der Waals surface area contributed by atoms with Crippen molar-refractivity contribution >= 4 is 23.8 Å². The van der Waals surface area contributed by atoms with Gasteiger partial charge in [-0.1, -0.05) is 0 Å². The van der Waals surface area contributed by atoms with Gasteiger partial charge in [-0.15, -0.1) is 0 Å². The maximum atomic E-state index is 11.2. The maximum Gasteiger partial charge on any atom is 0.333 e. The quantitative estimate of drug-likeness (QED) is 0.398. The minimum absolute atomic E-state index is 0.445. The van der Waals surface area contributed by atoms with E-state index in [4.69, 9.17) is 11.5 Å². The number of rotatable bonds is 4. The summed E-state index contributed by atoms with van der Waals surface area (Å²) in [5, 5.41) is 0. The molecule has 0 saturated carbocycles. The fraction of sp³-hybridized carbons (Fsp3) is 0.500. The van der Waals surface area contributed by atoms with Gasteiger partial charge in [0.1, 0.15) is 6.54 Å². The SMILES string of the molecule is CC(=O)OC(=O)CN(C(=O)CN)C(=O)CN. The first-order valence-electron chi connectivity index (χ1n) is 4.37. The second-order valence-corrected chi connectivity index (χ2v) is 2.75. The second kappa shape index (κ2) is 6.64. The molecule has 0 heterocycles. The molecule has 0 aliphatic rings. The third-order valence-corrected chi connectivity index (χ3v) is 1.50. The average Bonchev–Trinajstić information content (AvgIpc) is 2.22. The van der Waals surface area contributed by atoms with E-state index in [-0.39, 0.29) is 0 Å². The van der Waals surface area contributed by atoms with Crippen molar-refractivity contribution in [3.8, 4) is 0 Å². The van der Waals surface area contributed by atoms with Crippen molar-refractivity contribution in [1.29, 1.82) is 0 Å². The van der Waals surface area contributed by atoms with E-state index in [0.717, 1.165) is 6.92 Å². The lowest BCUT2D eigenvalue weighted by molar-refractivity contribution is -0.162. The van der Waals surface area contributed by atoms with Crippen LogP contribution in [0.15, 0.2) is 0 Å². The second-order valence-electron chi connectivity index (χ2n) is 2.75. The zero-order valence-electron chi connectivity index (χ0n) is 8.76. The summed E-state index contributed by atoms with van der Waals surface area (Å²) in [6.07, 6.45) is 0. The number of carbonyl (C=O) groups excluding carboxylic acids is 4. The molecule has 0 unspecified atom stereocenters. The van der Waals surface area contributed by atoms with Crippen LogP contribution in [0.5, 0.6) is 0 Å². The summed E-state index contributed by atoms with van der Waals surface area (Å²) in [5.41, 5.74) is 10.1. The molecule has 0 radical (unpaired) electrons. The summed E-state index contributed by atoms with van der Waals surface area (Å²) in [5.74, 6) is -3.38. The first kappa shape index (κ1) is 14.2. The van der Waals surface area contributed by atoms with E-state index in [0.29, 0.717) is 4.90 Å². The minimum atomic E-state index is -1.02. The topological polar surface area (TPSA) is 133 Å². The highest BCUT2D eigenvalue weighted by Crippen LogP contribution is 1.92. The molecule has 0 aromatic carbocycles. The van der Waals surface area contributed by atoms with Crippen molar-refractivity contribution in [2.45, 2.75) is 6.92 Å². The lowest BCUT2D eigenvalue weighted by atomic mass is 10.4. The molecular weight excluding hydrogens is 218 g/mol. The Morgan fingerprint density at radius 1 is 1.06 bits per heavy atom. The van der Waals surface area contributed by atoms with Crippen LogP contribution in [0.25, 0.3) is 0 Å². The van der Waals surface area contributed by atoms with Crippen molar-refractivity contribution in [2.75, 3.05) is 19.6 Å². The number of ether oxygens (including phenoxy) is 1. The highest BCUT2D eigenvalue weighted by atomic mass is 16.6. The number of nitrogens with zero attached hydrogens (tertiary/aromatic N) is 1. The van der Waals surface area contributed by atoms with E-state index >= 15 is 0 Å². The van der Waals surface area contributed by atoms with E-state index in [2.05, 4.69) is 4.74 Å². The van der Waals surface area contributed by atoms with Crippen LogP contribution in [-0.4, -0.2) is 48.3 Å². The molecule has 0 aromatic rings. The van der Waals surface area contributed by atoms with E-state index in [9.17, 15) is 19.2 Å². The molecule has 90 valence electrons. The molecule has 0 atom stereocenters. The van der Waals surface area contributed by atoms with Crippen molar-refractivity contribution in [3.63, 3.8) is 0 Å². The van der Waals surface area contributed by atoms with Gasteiger partial charge >= 0.3 is 11.9 Å². The van der Waals surface area contributed by atoms with Crippen LogP contribution in [0.1, 0.15) is 6.92 Å². The largest absolute Gasteiger partial charge is 0.392 e. The van der Waals surface area contributed by atoms with Crippen LogP contribution in [-0.2, 0) is 23.9 Å². The fourth-order valence-electron chi connectivity index (χ4n) is 0.858. The van der Waals surface area contributed by atoms with Gasteiger partial charge in [-0.05, 0) is 0 Å². The number of esters is 2. The van der Waals surface area contributed by atoms with Crippen LogP contribution in [0, 0.1) is 0 Å². The number of carbonyl (C=O) groups is 4. The Bertz CT molecular complexity index is 299. The molecule has 0 rings (SSSR count). The number of imide groups is 1. The van der Waals surface area contributed by atoms with Crippen LogP contribution >= 0.6 is 0 Å². The molecule has 0 saturated heterocycles. The van der Waals surface area contributed by atoms with Crippen LogP contribution in [0.2, 0.25) is 0 Å². The lowest BCUT2D eigenvalue weighted by Crippen LogP contribution is -2.46. The van der Waals surface area contributed by atoms with E-state index < -0.39 is 43.4 Å². The molecule has 0 bridgehead atoms. The monoisotopic (exact) mass is 231 g/mol. The van der Waals surface area contributed by atoms with E-state index in [1.54, 1.807) is 0 Å². The summed E-state index contributed by atoms with van der Waals surface area (Å²) in [6.45, 7) is -0.540. The normalized spacial score (nSPS) is 9.44. The smallest absolute Gasteiger partial charge is 0.333 e. The van der Waals surface area contributed by atoms with Gasteiger partial charge in [-0.25, -0.2) is 4.79 Å². The standard InChI is InChI=1S/C8H13N3O5/c1-5(12)16-8(15)4-11(6(13)2-9)7(14)3-10/h2-4,9-10H2,1H3. The highest BCUT2D eigenvalue weighted by molar-refractivity contribution is 6.00. The molecule has 2 amide bonds. The van der Waals surface area contributed by atoms with E-state index in [1.165, 1.54) is 0 Å². The summed E-state index contributed by atoms with van der Waals surface area (Å²) >= 11 is 0. The van der Waals surface area contributed by atoms with Crippen molar-refractivity contribution in [1.82, 2.24) is 4.90 Å². The van der Waals surface area contributed by atoms with Crippen molar-refractivity contribution < 1.29 is 23.9 Å². The zero-order valence-corrected chi connectivity index (χ0v) is 8.76. The molecule has 0 fully saturated rings. The Morgan fingerprint density at radius 2 is 1.50 bits per heavy atom. The predicted octanol–water partition coefficient (Wildman–Crippen LogP) is -2.65. The molecular formula is C8H13N3O5. The van der Waals surface area contributed by atoms with Gasteiger partial charge < -0.3 is 16.2 Å². The van der Waals surface area contributed by atoms with Crippen LogP contribution < -0.4 is 11.5 Å². The Balaban J connectivity index is 4.55. The number of nitrogens with two attached hydrogens (primary N) is 2. The third-order valence-electron chi connectivity index (χ3n) is 1.50. The van der Waals surface area contributed by atoms with Crippen molar-refractivity contribution in [3.05, 3.63) is 0 Å². The molecule has 4 N–H and O–H groups in total.